The molecule has 0 amide bonds. The topological polar surface area (TPSA) is 15.3 Å². The van der Waals surface area contributed by atoms with Crippen molar-refractivity contribution < 1.29 is 4.39 Å². The zero-order valence-electron chi connectivity index (χ0n) is 13.5. The Bertz CT molecular complexity index is 429. The van der Waals surface area contributed by atoms with Gasteiger partial charge in [-0.15, -0.1) is 0 Å². The molecule has 0 aliphatic rings. The van der Waals surface area contributed by atoms with E-state index in [0.717, 1.165) is 17.0 Å². The van der Waals surface area contributed by atoms with Crippen molar-refractivity contribution in [2.45, 2.75) is 45.8 Å². The smallest absolute Gasteiger partial charge is 0.129 e. The Kier molecular flexibility index (Phi) is 6.34. The fraction of sp³-hybridized carbons (Fsp3) is 0.625. The SMILES string of the molecule is CSCC(C)N(C)c1cccc(F)c1CNC(C)(C)C. The van der Waals surface area contributed by atoms with Gasteiger partial charge in [0.05, 0.1) is 0 Å². The first kappa shape index (κ1) is 17.3. The van der Waals surface area contributed by atoms with Gasteiger partial charge in [0.1, 0.15) is 5.82 Å². The number of thioether (sulfide) groups is 1. The lowest BCUT2D eigenvalue weighted by Crippen LogP contribution is -2.37. The predicted octanol–water partition coefficient (Wildman–Crippen LogP) is 3.90. The van der Waals surface area contributed by atoms with E-state index in [-0.39, 0.29) is 11.4 Å². The summed E-state index contributed by atoms with van der Waals surface area (Å²) in [6.45, 7) is 8.99. The number of hydrogen-bond donors (Lipinski definition) is 1. The molecule has 0 aliphatic heterocycles. The second kappa shape index (κ2) is 7.32. The molecule has 4 heteroatoms. The van der Waals surface area contributed by atoms with E-state index >= 15 is 0 Å². The number of benzene rings is 1. The van der Waals surface area contributed by atoms with Crippen LogP contribution in [0.1, 0.15) is 33.3 Å². The average molecular weight is 298 g/mol. The standard InChI is InChI=1S/C16H27FN2S/c1-12(11-20-6)19(5)15-9-7-8-14(17)13(15)10-18-16(2,3)4/h7-9,12,18H,10-11H2,1-6H3. The van der Waals surface area contributed by atoms with Crippen LogP contribution < -0.4 is 10.2 Å². The lowest BCUT2D eigenvalue weighted by molar-refractivity contribution is 0.418. The number of halogens is 1. The predicted molar refractivity (Wildman–Crippen MR) is 89.2 cm³/mol. The maximum atomic E-state index is 14.2. The lowest BCUT2D eigenvalue weighted by atomic mass is 10.1. The third-order valence-electron chi connectivity index (χ3n) is 3.34. The van der Waals surface area contributed by atoms with E-state index in [4.69, 9.17) is 0 Å². The molecule has 0 aromatic heterocycles. The minimum absolute atomic E-state index is 0.0248. The average Bonchev–Trinajstić information content (AvgIpc) is 2.35. The Labute approximate surface area is 127 Å². The van der Waals surface area contributed by atoms with Crippen LogP contribution >= 0.6 is 11.8 Å². The summed E-state index contributed by atoms with van der Waals surface area (Å²) >= 11 is 1.81. The van der Waals surface area contributed by atoms with E-state index in [0.29, 0.717) is 12.6 Å². The molecular formula is C16H27FN2S. The summed E-state index contributed by atoms with van der Waals surface area (Å²) in [5.74, 6) is 0.890. The van der Waals surface area contributed by atoms with Gasteiger partial charge in [-0.25, -0.2) is 4.39 Å². The van der Waals surface area contributed by atoms with Crippen LogP contribution in [0.2, 0.25) is 0 Å². The second-order valence-electron chi connectivity index (χ2n) is 6.26. The van der Waals surface area contributed by atoms with Crippen LogP contribution in [0, 0.1) is 5.82 Å². The van der Waals surface area contributed by atoms with Gasteiger partial charge in [-0.05, 0) is 46.1 Å². The lowest BCUT2D eigenvalue weighted by Gasteiger charge is -2.30. The van der Waals surface area contributed by atoms with Gasteiger partial charge >= 0.3 is 0 Å². The number of rotatable bonds is 6. The van der Waals surface area contributed by atoms with Crippen molar-refractivity contribution in [2.24, 2.45) is 0 Å². The van der Waals surface area contributed by atoms with Gasteiger partial charge in [0.25, 0.3) is 0 Å². The summed E-state index contributed by atoms with van der Waals surface area (Å²) in [7, 11) is 2.04. The van der Waals surface area contributed by atoms with Crippen molar-refractivity contribution in [3.63, 3.8) is 0 Å². The van der Waals surface area contributed by atoms with E-state index in [1.54, 1.807) is 6.07 Å². The number of nitrogens with zero attached hydrogens (tertiary/aromatic N) is 1. The van der Waals surface area contributed by atoms with Crippen molar-refractivity contribution >= 4 is 17.4 Å². The van der Waals surface area contributed by atoms with Gasteiger partial charge in [0.15, 0.2) is 0 Å². The van der Waals surface area contributed by atoms with Crippen molar-refractivity contribution in [2.75, 3.05) is 24.0 Å². The van der Waals surface area contributed by atoms with Crippen LogP contribution in [0.15, 0.2) is 18.2 Å². The second-order valence-corrected chi connectivity index (χ2v) is 7.17. The number of nitrogens with one attached hydrogen (secondary N) is 1. The van der Waals surface area contributed by atoms with Crippen LogP contribution in [0.4, 0.5) is 10.1 Å². The highest BCUT2D eigenvalue weighted by atomic mass is 32.2. The molecule has 1 rings (SSSR count). The summed E-state index contributed by atoms with van der Waals surface area (Å²) in [5.41, 5.74) is 1.70. The van der Waals surface area contributed by atoms with Crippen LogP contribution in [-0.4, -0.2) is 30.6 Å². The summed E-state index contributed by atoms with van der Waals surface area (Å²) in [6.07, 6.45) is 2.10. The number of anilines is 1. The van der Waals surface area contributed by atoms with E-state index in [1.165, 1.54) is 6.07 Å². The highest BCUT2D eigenvalue weighted by Crippen LogP contribution is 2.25. The summed E-state index contributed by atoms with van der Waals surface area (Å²) in [6, 6.07) is 5.70. The largest absolute Gasteiger partial charge is 0.371 e. The van der Waals surface area contributed by atoms with Gasteiger partial charge in [0, 0.05) is 42.2 Å². The molecule has 114 valence electrons. The summed E-state index contributed by atoms with van der Waals surface area (Å²) in [5, 5.41) is 3.37. The Morgan fingerprint density at radius 3 is 2.55 bits per heavy atom. The molecule has 0 saturated carbocycles. The van der Waals surface area contributed by atoms with Crippen LogP contribution in [0.25, 0.3) is 0 Å². The molecule has 0 fully saturated rings. The maximum Gasteiger partial charge on any atom is 0.129 e. The van der Waals surface area contributed by atoms with Crippen LogP contribution in [0.5, 0.6) is 0 Å². The van der Waals surface area contributed by atoms with Gasteiger partial charge in [-0.2, -0.15) is 11.8 Å². The zero-order valence-corrected chi connectivity index (χ0v) is 14.3. The fourth-order valence-corrected chi connectivity index (χ4v) is 2.70. The fourth-order valence-electron chi connectivity index (χ4n) is 2.00. The number of hydrogen-bond acceptors (Lipinski definition) is 3. The van der Waals surface area contributed by atoms with E-state index < -0.39 is 0 Å². The first-order valence-electron chi connectivity index (χ1n) is 7.00. The molecule has 1 unspecified atom stereocenters. The summed E-state index contributed by atoms with van der Waals surface area (Å²) in [4.78, 5) is 2.17. The molecule has 1 atom stereocenters. The minimum Gasteiger partial charge on any atom is -0.371 e. The monoisotopic (exact) mass is 298 g/mol. The third kappa shape index (κ3) is 4.98. The van der Waals surface area contributed by atoms with Gasteiger partial charge in [0.2, 0.25) is 0 Å². The third-order valence-corrected chi connectivity index (χ3v) is 4.15. The molecule has 0 heterocycles. The summed E-state index contributed by atoms with van der Waals surface area (Å²) < 4.78 is 14.2. The van der Waals surface area contributed by atoms with Gasteiger partial charge in [-0.1, -0.05) is 6.07 Å². The zero-order chi connectivity index (χ0) is 15.3. The Morgan fingerprint density at radius 1 is 1.35 bits per heavy atom. The molecule has 20 heavy (non-hydrogen) atoms. The van der Waals surface area contributed by atoms with Crippen molar-refractivity contribution in [1.29, 1.82) is 0 Å². The molecule has 0 bridgehead atoms. The quantitative estimate of drug-likeness (QED) is 0.857. The molecule has 1 aromatic carbocycles. The van der Waals surface area contributed by atoms with Crippen molar-refractivity contribution in [3.05, 3.63) is 29.6 Å². The Morgan fingerprint density at radius 2 is 2.00 bits per heavy atom. The maximum absolute atomic E-state index is 14.2. The highest BCUT2D eigenvalue weighted by Gasteiger charge is 2.18. The van der Waals surface area contributed by atoms with Crippen molar-refractivity contribution in [3.8, 4) is 0 Å². The van der Waals surface area contributed by atoms with E-state index in [1.807, 2.05) is 24.9 Å². The van der Waals surface area contributed by atoms with E-state index in [2.05, 4.69) is 44.2 Å². The van der Waals surface area contributed by atoms with Gasteiger partial charge in [-0.3, -0.25) is 0 Å². The first-order chi connectivity index (χ1) is 9.26. The highest BCUT2D eigenvalue weighted by molar-refractivity contribution is 7.98. The molecule has 0 aliphatic carbocycles. The van der Waals surface area contributed by atoms with Crippen LogP contribution in [0.3, 0.4) is 0 Å². The Balaban J connectivity index is 2.98. The van der Waals surface area contributed by atoms with Crippen molar-refractivity contribution in [1.82, 2.24) is 5.32 Å². The van der Waals surface area contributed by atoms with E-state index in [9.17, 15) is 4.39 Å². The molecule has 0 saturated heterocycles. The molecule has 1 N–H and O–H groups in total. The molecule has 1 aromatic rings. The molecular weight excluding hydrogens is 271 g/mol. The molecule has 0 radical (unpaired) electrons. The molecule has 0 spiro atoms. The minimum atomic E-state index is -0.137. The van der Waals surface area contributed by atoms with Gasteiger partial charge < -0.3 is 10.2 Å². The Hall–Kier alpha value is -0.740. The molecule has 2 nitrogen and oxygen atoms in total. The normalized spacial score (nSPS) is 13.3. The first-order valence-corrected chi connectivity index (χ1v) is 8.40. The van der Waals surface area contributed by atoms with Crippen LogP contribution in [-0.2, 0) is 6.54 Å².